The van der Waals surface area contributed by atoms with E-state index in [2.05, 4.69) is 15.5 Å². The Morgan fingerprint density at radius 2 is 2.21 bits per heavy atom. The van der Waals surface area contributed by atoms with Crippen LogP contribution in [0.5, 0.6) is 0 Å². The number of rotatable bonds is 5. The molecule has 1 heterocycles. The van der Waals surface area contributed by atoms with Crippen LogP contribution in [-0.4, -0.2) is 29.2 Å². The second-order valence-electron chi connectivity index (χ2n) is 3.06. The normalized spacial score (nSPS) is 13.5. The number of nitrogens with zero attached hydrogens (tertiary/aromatic N) is 2. The van der Waals surface area contributed by atoms with Crippen molar-refractivity contribution in [3.63, 3.8) is 0 Å². The van der Waals surface area contributed by atoms with Gasteiger partial charge in [-0.05, 0) is 13.8 Å². The van der Waals surface area contributed by atoms with Crippen molar-refractivity contribution < 1.29 is 13.3 Å². The van der Waals surface area contributed by atoms with Crippen molar-refractivity contribution in [2.45, 2.75) is 32.7 Å². The summed E-state index contributed by atoms with van der Waals surface area (Å²) < 4.78 is 28.9. The summed E-state index contributed by atoms with van der Waals surface area (Å²) in [6.07, 6.45) is -1.88. The van der Waals surface area contributed by atoms with Crippen LogP contribution in [0.1, 0.15) is 18.6 Å². The van der Waals surface area contributed by atoms with Crippen LogP contribution in [0, 0.1) is 6.92 Å². The average molecular weight is 205 g/mol. The van der Waals surface area contributed by atoms with Gasteiger partial charge in [-0.1, -0.05) is 5.16 Å². The van der Waals surface area contributed by atoms with Crippen LogP contribution in [-0.2, 0) is 6.42 Å². The fraction of sp³-hybridized carbons (Fsp3) is 0.750. The fourth-order valence-electron chi connectivity index (χ4n) is 0.937. The molecule has 0 aliphatic carbocycles. The second-order valence-corrected chi connectivity index (χ2v) is 3.06. The first kappa shape index (κ1) is 11.0. The summed E-state index contributed by atoms with van der Waals surface area (Å²) in [6, 6.07) is -0.806. The first-order chi connectivity index (χ1) is 6.59. The van der Waals surface area contributed by atoms with Gasteiger partial charge in [-0.15, -0.1) is 0 Å². The first-order valence-corrected chi connectivity index (χ1v) is 4.40. The maximum atomic E-state index is 12.0. The second kappa shape index (κ2) is 4.99. The molecule has 0 amide bonds. The Labute approximate surface area is 80.7 Å². The monoisotopic (exact) mass is 205 g/mol. The lowest BCUT2D eigenvalue weighted by molar-refractivity contribution is 0.106. The lowest BCUT2D eigenvalue weighted by Crippen LogP contribution is -2.34. The minimum absolute atomic E-state index is 0.410. The maximum absolute atomic E-state index is 12.0. The highest BCUT2D eigenvalue weighted by Crippen LogP contribution is 2.00. The standard InChI is InChI=1S/C8H13F2N3O/c1-5(8(9)10)11-4-3-7-12-6(2)13-14-7/h5,8,11H,3-4H2,1-2H3. The van der Waals surface area contributed by atoms with Gasteiger partial charge >= 0.3 is 0 Å². The van der Waals surface area contributed by atoms with Gasteiger partial charge in [0.1, 0.15) is 0 Å². The third-order valence-electron chi connectivity index (χ3n) is 1.75. The predicted molar refractivity (Wildman–Crippen MR) is 46.2 cm³/mol. The van der Waals surface area contributed by atoms with Crippen LogP contribution in [0.15, 0.2) is 4.52 Å². The van der Waals surface area contributed by atoms with Crippen LogP contribution >= 0.6 is 0 Å². The van der Waals surface area contributed by atoms with Crippen molar-refractivity contribution in [1.29, 1.82) is 0 Å². The van der Waals surface area contributed by atoms with Crippen LogP contribution in [0.4, 0.5) is 8.78 Å². The van der Waals surface area contributed by atoms with Crippen molar-refractivity contribution in [3.8, 4) is 0 Å². The van der Waals surface area contributed by atoms with E-state index in [1.54, 1.807) is 6.92 Å². The quantitative estimate of drug-likeness (QED) is 0.783. The van der Waals surface area contributed by atoms with Gasteiger partial charge in [0.15, 0.2) is 5.82 Å². The SMILES string of the molecule is Cc1noc(CCNC(C)C(F)F)n1. The Hall–Kier alpha value is -1.04. The number of aromatic nitrogens is 2. The third-order valence-corrected chi connectivity index (χ3v) is 1.75. The lowest BCUT2D eigenvalue weighted by atomic mass is 10.3. The topological polar surface area (TPSA) is 51.0 Å². The molecule has 0 saturated carbocycles. The number of nitrogens with one attached hydrogen (secondary N) is 1. The molecule has 1 aromatic rings. The molecule has 80 valence electrons. The van der Waals surface area contributed by atoms with Crippen LogP contribution in [0.25, 0.3) is 0 Å². The molecular weight excluding hydrogens is 192 g/mol. The van der Waals surface area contributed by atoms with Crippen LogP contribution in [0.3, 0.4) is 0 Å². The van der Waals surface area contributed by atoms with Crippen molar-refractivity contribution in [2.24, 2.45) is 0 Å². The van der Waals surface area contributed by atoms with Crippen molar-refractivity contribution >= 4 is 0 Å². The Kier molecular flexibility index (Phi) is 3.94. The van der Waals surface area contributed by atoms with E-state index in [1.165, 1.54) is 6.92 Å². The summed E-state index contributed by atoms with van der Waals surface area (Å²) in [6.45, 7) is 3.55. The Bertz CT molecular complexity index is 277. The zero-order chi connectivity index (χ0) is 10.6. The van der Waals surface area contributed by atoms with Gasteiger partial charge in [0.25, 0.3) is 6.43 Å². The summed E-state index contributed by atoms with van der Waals surface area (Å²) in [5.74, 6) is 1.03. The number of aryl methyl sites for hydroxylation is 1. The highest BCUT2D eigenvalue weighted by Gasteiger charge is 2.13. The van der Waals surface area contributed by atoms with E-state index in [-0.39, 0.29) is 0 Å². The Morgan fingerprint density at radius 3 is 2.71 bits per heavy atom. The van der Waals surface area contributed by atoms with E-state index < -0.39 is 12.5 Å². The van der Waals surface area contributed by atoms with E-state index in [0.29, 0.717) is 24.7 Å². The highest BCUT2D eigenvalue weighted by atomic mass is 19.3. The fourth-order valence-corrected chi connectivity index (χ4v) is 0.937. The maximum Gasteiger partial charge on any atom is 0.253 e. The molecule has 1 N–H and O–H groups in total. The minimum atomic E-state index is -2.35. The molecule has 0 saturated heterocycles. The minimum Gasteiger partial charge on any atom is -0.339 e. The average Bonchev–Trinajstić information content (AvgIpc) is 2.51. The zero-order valence-electron chi connectivity index (χ0n) is 8.13. The van der Waals surface area contributed by atoms with E-state index in [0.717, 1.165) is 0 Å². The molecule has 6 heteroatoms. The first-order valence-electron chi connectivity index (χ1n) is 4.40. The molecule has 0 aliphatic rings. The Morgan fingerprint density at radius 1 is 1.50 bits per heavy atom. The van der Waals surface area contributed by atoms with Gasteiger partial charge in [-0.25, -0.2) is 8.78 Å². The molecule has 14 heavy (non-hydrogen) atoms. The number of hydrogen-bond acceptors (Lipinski definition) is 4. The van der Waals surface area contributed by atoms with E-state index in [9.17, 15) is 8.78 Å². The van der Waals surface area contributed by atoms with Gasteiger partial charge in [0.05, 0.1) is 6.04 Å². The van der Waals surface area contributed by atoms with Crippen molar-refractivity contribution in [2.75, 3.05) is 6.54 Å². The van der Waals surface area contributed by atoms with Crippen LogP contribution < -0.4 is 5.32 Å². The zero-order valence-corrected chi connectivity index (χ0v) is 8.13. The molecule has 0 fully saturated rings. The largest absolute Gasteiger partial charge is 0.339 e. The van der Waals surface area contributed by atoms with Gasteiger partial charge in [0, 0.05) is 13.0 Å². The number of hydrogen-bond donors (Lipinski definition) is 1. The van der Waals surface area contributed by atoms with Gasteiger partial charge in [-0.2, -0.15) is 4.98 Å². The molecule has 1 aromatic heterocycles. The summed E-state index contributed by atoms with van der Waals surface area (Å²) in [7, 11) is 0. The van der Waals surface area contributed by atoms with E-state index in [4.69, 9.17) is 4.52 Å². The molecule has 1 rings (SSSR count). The molecule has 1 atom stereocenters. The molecule has 0 aromatic carbocycles. The van der Waals surface area contributed by atoms with Crippen molar-refractivity contribution in [1.82, 2.24) is 15.5 Å². The Balaban J connectivity index is 2.22. The van der Waals surface area contributed by atoms with E-state index in [1.807, 2.05) is 0 Å². The summed E-state index contributed by atoms with van der Waals surface area (Å²) >= 11 is 0. The summed E-state index contributed by atoms with van der Waals surface area (Å²) in [5.41, 5.74) is 0. The lowest BCUT2D eigenvalue weighted by Gasteiger charge is -2.10. The summed E-state index contributed by atoms with van der Waals surface area (Å²) in [5, 5.41) is 6.25. The van der Waals surface area contributed by atoms with Crippen molar-refractivity contribution in [3.05, 3.63) is 11.7 Å². The van der Waals surface area contributed by atoms with Gasteiger partial charge in [-0.3, -0.25) is 0 Å². The molecule has 4 nitrogen and oxygen atoms in total. The molecule has 1 unspecified atom stereocenters. The molecular formula is C8H13F2N3O. The molecule has 0 spiro atoms. The molecule has 0 bridgehead atoms. The summed E-state index contributed by atoms with van der Waals surface area (Å²) in [4.78, 5) is 3.95. The highest BCUT2D eigenvalue weighted by molar-refractivity contribution is 4.83. The number of halogens is 2. The molecule has 0 radical (unpaired) electrons. The molecule has 0 aliphatic heterocycles. The smallest absolute Gasteiger partial charge is 0.253 e. The van der Waals surface area contributed by atoms with Gasteiger partial charge < -0.3 is 9.84 Å². The van der Waals surface area contributed by atoms with Gasteiger partial charge in [0.2, 0.25) is 5.89 Å². The third kappa shape index (κ3) is 3.37. The predicted octanol–water partition coefficient (Wildman–Crippen LogP) is 1.16. The van der Waals surface area contributed by atoms with Crippen LogP contribution in [0.2, 0.25) is 0 Å². The number of alkyl halides is 2. The van der Waals surface area contributed by atoms with E-state index >= 15 is 0 Å².